The zero-order valence-corrected chi connectivity index (χ0v) is 8.84. The number of hydrogen-bond donors (Lipinski definition) is 1. The molecule has 4 nitrogen and oxygen atoms in total. The Balaban J connectivity index is 2.82. The topological polar surface area (TPSA) is 68.3 Å². The molecule has 0 atom stereocenters. The minimum Gasteiger partial charge on any atom is -0.390 e. The summed E-state index contributed by atoms with van der Waals surface area (Å²) in [6.45, 7) is 1.96. The molecule has 4 heteroatoms. The first kappa shape index (κ1) is 10.3. The molecule has 0 bridgehead atoms. The summed E-state index contributed by atoms with van der Waals surface area (Å²) in [4.78, 5) is 18.9. The van der Waals surface area contributed by atoms with Gasteiger partial charge in [0, 0.05) is 17.1 Å². The standard InChI is InChI=1S/C12H11N3O/c1-8-5-14-12(15-7-13)11-4-9(6-16)2-3-10(8)11/h2-7H,1H3,(H2,13,14,15). The van der Waals surface area contributed by atoms with Crippen LogP contribution in [0.25, 0.3) is 10.8 Å². The Kier molecular flexibility index (Phi) is 2.64. The predicted octanol–water partition coefficient (Wildman–Crippen LogP) is 1.97. The molecule has 0 amide bonds. The molecule has 1 heterocycles. The van der Waals surface area contributed by atoms with Crippen molar-refractivity contribution in [2.45, 2.75) is 6.92 Å². The number of rotatable bonds is 2. The first-order valence-electron chi connectivity index (χ1n) is 4.85. The molecule has 80 valence electrons. The van der Waals surface area contributed by atoms with Gasteiger partial charge in [0.25, 0.3) is 0 Å². The quantitative estimate of drug-likeness (QED) is 0.471. The van der Waals surface area contributed by atoms with Crippen molar-refractivity contribution >= 4 is 29.2 Å². The molecule has 1 aromatic carbocycles. The number of benzene rings is 1. The minimum atomic E-state index is 0.534. The van der Waals surface area contributed by atoms with Gasteiger partial charge in [-0.25, -0.2) is 9.98 Å². The molecule has 0 fully saturated rings. The zero-order chi connectivity index (χ0) is 11.5. The van der Waals surface area contributed by atoms with Gasteiger partial charge >= 0.3 is 0 Å². The van der Waals surface area contributed by atoms with Crippen LogP contribution < -0.4 is 5.73 Å². The first-order valence-corrected chi connectivity index (χ1v) is 4.85. The number of aliphatic imine (C=N–C) groups is 1. The second-order valence-corrected chi connectivity index (χ2v) is 3.47. The lowest BCUT2D eigenvalue weighted by molar-refractivity contribution is 0.112. The Hall–Kier alpha value is -2.23. The van der Waals surface area contributed by atoms with Crippen LogP contribution in [0.4, 0.5) is 5.82 Å². The lowest BCUT2D eigenvalue weighted by atomic mass is 10.1. The van der Waals surface area contributed by atoms with Gasteiger partial charge < -0.3 is 5.73 Å². The van der Waals surface area contributed by atoms with Crippen LogP contribution in [0.5, 0.6) is 0 Å². The highest BCUT2D eigenvalue weighted by Crippen LogP contribution is 2.26. The molecule has 0 aliphatic carbocycles. The summed E-state index contributed by atoms with van der Waals surface area (Å²) in [6, 6.07) is 5.44. The van der Waals surface area contributed by atoms with Crippen molar-refractivity contribution in [3.63, 3.8) is 0 Å². The van der Waals surface area contributed by atoms with Crippen molar-refractivity contribution < 1.29 is 4.79 Å². The normalized spacial score (nSPS) is 11.1. The van der Waals surface area contributed by atoms with Crippen LogP contribution in [0.1, 0.15) is 15.9 Å². The largest absolute Gasteiger partial charge is 0.390 e. The van der Waals surface area contributed by atoms with E-state index in [1.165, 1.54) is 6.34 Å². The third kappa shape index (κ3) is 1.65. The summed E-state index contributed by atoms with van der Waals surface area (Å²) in [5.74, 6) is 0.534. The van der Waals surface area contributed by atoms with E-state index in [2.05, 4.69) is 9.98 Å². The number of aryl methyl sites for hydroxylation is 1. The Morgan fingerprint density at radius 2 is 2.19 bits per heavy atom. The van der Waals surface area contributed by atoms with E-state index in [0.29, 0.717) is 11.4 Å². The Morgan fingerprint density at radius 3 is 2.88 bits per heavy atom. The summed E-state index contributed by atoms with van der Waals surface area (Å²) in [5.41, 5.74) is 6.91. The number of nitrogens with two attached hydrogens (primary N) is 1. The number of pyridine rings is 1. The second kappa shape index (κ2) is 4.10. The monoisotopic (exact) mass is 213 g/mol. The fourth-order valence-corrected chi connectivity index (χ4v) is 1.63. The highest BCUT2D eigenvalue weighted by atomic mass is 16.1. The van der Waals surface area contributed by atoms with Crippen molar-refractivity contribution in [2.24, 2.45) is 10.7 Å². The number of nitrogens with zero attached hydrogens (tertiary/aromatic N) is 2. The summed E-state index contributed by atoms with van der Waals surface area (Å²) in [6.07, 6.45) is 3.74. The van der Waals surface area contributed by atoms with Crippen molar-refractivity contribution in [3.05, 3.63) is 35.5 Å². The fraction of sp³-hybridized carbons (Fsp3) is 0.0833. The van der Waals surface area contributed by atoms with E-state index in [4.69, 9.17) is 5.73 Å². The Bertz CT molecular complexity index is 576. The molecule has 0 aliphatic heterocycles. The van der Waals surface area contributed by atoms with Gasteiger partial charge in [-0.05, 0) is 23.9 Å². The van der Waals surface area contributed by atoms with E-state index in [-0.39, 0.29) is 0 Å². The maximum Gasteiger partial charge on any atom is 0.161 e. The van der Waals surface area contributed by atoms with E-state index in [9.17, 15) is 4.79 Å². The van der Waals surface area contributed by atoms with Gasteiger partial charge in [0.1, 0.15) is 6.29 Å². The molecule has 2 aromatic rings. The number of aromatic nitrogens is 1. The summed E-state index contributed by atoms with van der Waals surface area (Å²) in [5, 5.41) is 1.87. The Morgan fingerprint density at radius 1 is 1.38 bits per heavy atom. The van der Waals surface area contributed by atoms with Gasteiger partial charge in [-0.3, -0.25) is 4.79 Å². The molecule has 2 rings (SSSR count). The van der Waals surface area contributed by atoms with Gasteiger partial charge in [-0.2, -0.15) is 0 Å². The van der Waals surface area contributed by atoms with Gasteiger partial charge in [0.2, 0.25) is 0 Å². The SMILES string of the molecule is Cc1cnc(N=CN)c2cc(C=O)ccc12. The molecule has 16 heavy (non-hydrogen) atoms. The van der Waals surface area contributed by atoms with Crippen LogP contribution in [-0.2, 0) is 0 Å². The van der Waals surface area contributed by atoms with Gasteiger partial charge in [-0.15, -0.1) is 0 Å². The number of fused-ring (bicyclic) bond motifs is 1. The molecular weight excluding hydrogens is 202 g/mol. The van der Waals surface area contributed by atoms with Crippen LogP contribution in [0.3, 0.4) is 0 Å². The molecule has 2 N–H and O–H groups in total. The fourth-order valence-electron chi connectivity index (χ4n) is 1.63. The number of hydrogen-bond acceptors (Lipinski definition) is 3. The molecular formula is C12H11N3O. The summed E-state index contributed by atoms with van der Waals surface area (Å²) >= 11 is 0. The van der Waals surface area contributed by atoms with Crippen molar-refractivity contribution in [1.29, 1.82) is 0 Å². The predicted molar refractivity (Wildman–Crippen MR) is 64.2 cm³/mol. The molecule has 0 unspecified atom stereocenters. The lowest BCUT2D eigenvalue weighted by Crippen LogP contribution is -1.90. The van der Waals surface area contributed by atoms with E-state index < -0.39 is 0 Å². The molecule has 1 aromatic heterocycles. The van der Waals surface area contributed by atoms with Crippen LogP contribution in [-0.4, -0.2) is 17.6 Å². The van der Waals surface area contributed by atoms with Crippen LogP contribution >= 0.6 is 0 Å². The summed E-state index contributed by atoms with van der Waals surface area (Å²) < 4.78 is 0. The van der Waals surface area contributed by atoms with Crippen molar-refractivity contribution in [3.8, 4) is 0 Å². The van der Waals surface area contributed by atoms with Crippen LogP contribution in [0.2, 0.25) is 0 Å². The lowest BCUT2D eigenvalue weighted by Gasteiger charge is -2.04. The number of aldehydes is 1. The zero-order valence-electron chi connectivity index (χ0n) is 8.84. The molecule has 0 spiro atoms. The molecule has 0 saturated heterocycles. The van der Waals surface area contributed by atoms with E-state index in [0.717, 1.165) is 22.6 Å². The van der Waals surface area contributed by atoms with E-state index in [1.807, 2.05) is 13.0 Å². The van der Waals surface area contributed by atoms with Gasteiger partial charge in [0.05, 0.1) is 6.34 Å². The molecule has 0 radical (unpaired) electrons. The highest BCUT2D eigenvalue weighted by molar-refractivity contribution is 5.96. The van der Waals surface area contributed by atoms with E-state index in [1.54, 1.807) is 18.3 Å². The second-order valence-electron chi connectivity index (χ2n) is 3.47. The third-order valence-corrected chi connectivity index (χ3v) is 2.42. The van der Waals surface area contributed by atoms with Gasteiger partial charge in [-0.1, -0.05) is 12.1 Å². The van der Waals surface area contributed by atoms with E-state index >= 15 is 0 Å². The average molecular weight is 213 g/mol. The average Bonchev–Trinajstić information content (AvgIpc) is 2.32. The summed E-state index contributed by atoms with van der Waals surface area (Å²) in [7, 11) is 0. The smallest absolute Gasteiger partial charge is 0.161 e. The first-order chi connectivity index (χ1) is 7.76. The Labute approximate surface area is 92.8 Å². The maximum atomic E-state index is 10.7. The highest BCUT2D eigenvalue weighted by Gasteiger charge is 2.04. The van der Waals surface area contributed by atoms with Crippen molar-refractivity contribution in [1.82, 2.24) is 4.98 Å². The number of carbonyl (C=O) groups excluding carboxylic acids is 1. The molecule has 0 saturated carbocycles. The molecule has 0 aliphatic rings. The van der Waals surface area contributed by atoms with Crippen LogP contribution in [0.15, 0.2) is 29.4 Å². The van der Waals surface area contributed by atoms with Gasteiger partial charge in [0.15, 0.2) is 5.82 Å². The van der Waals surface area contributed by atoms with Crippen LogP contribution in [0, 0.1) is 6.92 Å². The number of carbonyl (C=O) groups is 1. The third-order valence-electron chi connectivity index (χ3n) is 2.42. The maximum absolute atomic E-state index is 10.7. The minimum absolute atomic E-state index is 0.534. The van der Waals surface area contributed by atoms with Crippen molar-refractivity contribution in [2.75, 3.05) is 0 Å².